The van der Waals surface area contributed by atoms with Gasteiger partial charge in [0.2, 0.25) is 5.91 Å². The van der Waals surface area contributed by atoms with Crippen LogP contribution < -0.4 is 11.0 Å². The maximum atomic E-state index is 12.1. The molecule has 1 heterocycles. The van der Waals surface area contributed by atoms with E-state index in [0.717, 1.165) is 18.4 Å². The topological polar surface area (TPSA) is 79.8 Å². The Labute approximate surface area is 150 Å². The monoisotopic (exact) mass is 368 g/mol. The van der Waals surface area contributed by atoms with Crippen LogP contribution in [0.15, 0.2) is 34.2 Å². The van der Waals surface area contributed by atoms with Crippen LogP contribution in [-0.2, 0) is 11.3 Å². The number of carbonyl (C=O) groups excluding carboxylic acids is 1. The predicted molar refractivity (Wildman–Crippen MR) is 96.5 cm³/mol. The zero-order chi connectivity index (χ0) is 17.5. The Morgan fingerprint density at radius 3 is 3.00 bits per heavy atom. The van der Waals surface area contributed by atoms with Gasteiger partial charge in [0.05, 0.1) is 11.8 Å². The molecule has 2 N–H and O–H groups in total. The van der Waals surface area contributed by atoms with Crippen molar-refractivity contribution in [3.63, 3.8) is 0 Å². The van der Waals surface area contributed by atoms with Gasteiger partial charge in [0.15, 0.2) is 5.16 Å². The maximum absolute atomic E-state index is 12.1. The van der Waals surface area contributed by atoms with Crippen molar-refractivity contribution in [3.8, 4) is 0 Å². The summed E-state index contributed by atoms with van der Waals surface area (Å²) in [5.74, 6) is 0.0754. The standard InChI is InChI=1S/C16H21ClN4O2S/c1-3-4-8-21-15(23)19-20-16(21)24-10-14(22)18-11(2)12-6-5-7-13(17)9-12/h5-7,9,11H,3-4,8,10H2,1-2H3,(H,18,22)(H,19,23)/t11-/m0/s1. The highest BCUT2D eigenvalue weighted by atomic mass is 35.5. The minimum absolute atomic E-state index is 0.120. The molecule has 24 heavy (non-hydrogen) atoms. The molecule has 130 valence electrons. The largest absolute Gasteiger partial charge is 0.349 e. The molecule has 1 aromatic heterocycles. The fourth-order valence-corrected chi connectivity index (χ4v) is 3.18. The molecule has 0 spiro atoms. The molecule has 0 aliphatic heterocycles. The minimum atomic E-state index is -0.237. The number of hydrogen-bond donors (Lipinski definition) is 2. The van der Waals surface area contributed by atoms with Gasteiger partial charge in [-0.1, -0.05) is 48.8 Å². The van der Waals surface area contributed by atoms with Crippen molar-refractivity contribution in [2.75, 3.05) is 5.75 Å². The van der Waals surface area contributed by atoms with Crippen LogP contribution in [0.25, 0.3) is 0 Å². The Hall–Kier alpha value is -1.73. The third-order valence-electron chi connectivity index (χ3n) is 3.52. The van der Waals surface area contributed by atoms with Gasteiger partial charge in [-0.05, 0) is 31.0 Å². The number of aromatic nitrogens is 3. The number of hydrogen-bond acceptors (Lipinski definition) is 4. The lowest BCUT2D eigenvalue weighted by atomic mass is 10.1. The molecule has 0 aliphatic carbocycles. The van der Waals surface area contributed by atoms with E-state index in [1.807, 2.05) is 25.1 Å². The second-order valence-electron chi connectivity index (χ2n) is 5.45. The molecule has 8 heteroatoms. The molecule has 6 nitrogen and oxygen atoms in total. The predicted octanol–water partition coefficient (Wildman–Crippen LogP) is 2.99. The van der Waals surface area contributed by atoms with Crippen LogP contribution in [0.4, 0.5) is 0 Å². The zero-order valence-electron chi connectivity index (χ0n) is 13.7. The minimum Gasteiger partial charge on any atom is -0.349 e. The van der Waals surface area contributed by atoms with Crippen molar-refractivity contribution in [1.29, 1.82) is 0 Å². The van der Waals surface area contributed by atoms with Crippen molar-refractivity contribution in [2.24, 2.45) is 0 Å². The highest BCUT2D eigenvalue weighted by molar-refractivity contribution is 7.99. The van der Waals surface area contributed by atoms with Crippen LogP contribution in [0.2, 0.25) is 5.02 Å². The number of nitrogens with one attached hydrogen (secondary N) is 2. The summed E-state index contributed by atoms with van der Waals surface area (Å²) in [6.07, 6.45) is 1.88. The molecule has 0 unspecified atom stereocenters. The summed E-state index contributed by atoms with van der Waals surface area (Å²) < 4.78 is 1.57. The van der Waals surface area contributed by atoms with Crippen LogP contribution in [0, 0.1) is 0 Å². The zero-order valence-corrected chi connectivity index (χ0v) is 15.3. The third-order valence-corrected chi connectivity index (χ3v) is 4.73. The van der Waals surface area contributed by atoms with Crippen LogP contribution in [0.5, 0.6) is 0 Å². The van der Waals surface area contributed by atoms with Crippen LogP contribution >= 0.6 is 23.4 Å². The number of rotatable bonds is 8. The van der Waals surface area contributed by atoms with Crippen LogP contribution in [0.3, 0.4) is 0 Å². The maximum Gasteiger partial charge on any atom is 0.343 e. The van der Waals surface area contributed by atoms with Crippen molar-refractivity contribution < 1.29 is 4.79 Å². The van der Waals surface area contributed by atoms with E-state index in [1.165, 1.54) is 11.8 Å². The first-order valence-corrected chi connectivity index (χ1v) is 9.20. The molecule has 0 saturated carbocycles. The van der Waals surface area contributed by atoms with Gasteiger partial charge < -0.3 is 5.32 Å². The van der Waals surface area contributed by atoms with Gasteiger partial charge in [-0.2, -0.15) is 0 Å². The summed E-state index contributed by atoms with van der Waals surface area (Å²) >= 11 is 7.22. The molecule has 2 rings (SSSR count). The van der Waals surface area contributed by atoms with E-state index in [0.29, 0.717) is 16.7 Å². The summed E-state index contributed by atoms with van der Waals surface area (Å²) in [6, 6.07) is 7.25. The van der Waals surface area contributed by atoms with E-state index in [1.54, 1.807) is 10.6 Å². The molecule has 0 fully saturated rings. The molecule has 1 amide bonds. The number of amides is 1. The number of H-pyrrole nitrogens is 1. The van der Waals surface area contributed by atoms with Crippen molar-refractivity contribution >= 4 is 29.3 Å². The number of aromatic amines is 1. The Morgan fingerprint density at radius 1 is 1.50 bits per heavy atom. The number of nitrogens with zero attached hydrogens (tertiary/aromatic N) is 2. The Bertz CT molecular complexity index is 744. The molecule has 0 aliphatic rings. The van der Waals surface area contributed by atoms with Crippen LogP contribution in [0.1, 0.15) is 38.3 Å². The fraction of sp³-hybridized carbons (Fsp3) is 0.438. The van der Waals surface area contributed by atoms with Crippen LogP contribution in [-0.4, -0.2) is 26.4 Å². The second-order valence-corrected chi connectivity index (χ2v) is 6.83. The molecule has 0 bridgehead atoms. The Kier molecular flexibility index (Phi) is 6.93. The van der Waals surface area contributed by atoms with Gasteiger partial charge in [0.25, 0.3) is 0 Å². The summed E-state index contributed by atoms with van der Waals surface area (Å²) in [5.41, 5.74) is 0.708. The normalized spacial score (nSPS) is 12.1. The smallest absolute Gasteiger partial charge is 0.343 e. The second kappa shape index (κ2) is 8.94. The van der Waals surface area contributed by atoms with Crippen molar-refractivity contribution in [1.82, 2.24) is 20.1 Å². The lowest BCUT2D eigenvalue weighted by Crippen LogP contribution is -2.28. The van der Waals surface area contributed by atoms with E-state index in [2.05, 4.69) is 22.4 Å². The quantitative estimate of drug-likeness (QED) is 0.702. The average Bonchev–Trinajstić information content (AvgIpc) is 2.91. The van der Waals surface area contributed by atoms with Crippen molar-refractivity contribution in [3.05, 3.63) is 45.3 Å². The summed E-state index contributed by atoms with van der Waals surface area (Å²) in [7, 11) is 0. The number of unbranched alkanes of at least 4 members (excludes halogenated alkanes) is 1. The SMILES string of the molecule is CCCCn1c(SCC(=O)N[C@@H](C)c2cccc(Cl)c2)n[nH]c1=O. The first kappa shape index (κ1) is 18.6. The molecule has 1 atom stereocenters. The Morgan fingerprint density at radius 2 is 2.29 bits per heavy atom. The van der Waals surface area contributed by atoms with E-state index < -0.39 is 0 Å². The highest BCUT2D eigenvalue weighted by Gasteiger charge is 2.13. The van der Waals surface area contributed by atoms with Gasteiger partial charge in [-0.25, -0.2) is 9.89 Å². The third kappa shape index (κ3) is 5.14. The number of thioether (sulfide) groups is 1. The van der Waals surface area contributed by atoms with E-state index in [9.17, 15) is 9.59 Å². The molecule has 1 aromatic carbocycles. The lowest BCUT2D eigenvalue weighted by Gasteiger charge is -2.14. The van der Waals surface area contributed by atoms with E-state index in [4.69, 9.17) is 11.6 Å². The first-order chi connectivity index (χ1) is 11.5. The molecular formula is C16H21ClN4O2S. The van der Waals surface area contributed by atoms with Gasteiger partial charge >= 0.3 is 5.69 Å². The summed E-state index contributed by atoms with van der Waals surface area (Å²) in [6.45, 7) is 4.57. The average molecular weight is 369 g/mol. The molecule has 0 saturated heterocycles. The van der Waals surface area contributed by atoms with Gasteiger partial charge in [0.1, 0.15) is 0 Å². The lowest BCUT2D eigenvalue weighted by molar-refractivity contribution is -0.119. The number of halogens is 1. The number of benzene rings is 1. The Balaban J connectivity index is 1.90. The van der Waals surface area contributed by atoms with Crippen molar-refractivity contribution in [2.45, 2.75) is 44.4 Å². The van der Waals surface area contributed by atoms with E-state index >= 15 is 0 Å². The van der Waals surface area contributed by atoms with Gasteiger partial charge in [-0.15, -0.1) is 5.10 Å². The number of carbonyl (C=O) groups is 1. The molecular weight excluding hydrogens is 348 g/mol. The van der Waals surface area contributed by atoms with Gasteiger partial charge in [0, 0.05) is 11.6 Å². The summed E-state index contributed by atoms with van der Waals surface area (Å²) in [4.78, 5) is 23.8. The highest BCUT2D eigenvalue weighted by Crippen LogP contribution is 2.18. The first-order valence-electron chi connectivity index (χ1n) is 7.84. The van der Waals surface area contributed by atoms with E-state index in [-0.39, 0.29) is 23.4 Å². The molecule has 2 aromatic rings. The van der Waals surface area contributed by atoms with Gasteiger partial charge in [-0.3, -0.25) is 9.36 Å². The summed E-state index contributed by atoms with van der Waals surface area (Å²) in [5, 5.41) is 10.5. The fourth-order valence-electron chi connectivity index (χ4n) is 2.20. The molecule has 0 radical (unpaired) electrons.